The van der Waals surface area contributed by atoms with E-state index >= 15 is 0 Å². The molecule has 1 aliphatic heterocycles. The summed E-state index contributed by atoms with van der Waals surface area (Å²) in [6, 6.07) is -0.711. The number of nitrogens with one attached hydrogen (secondary N) is 1. The highest BCUT2D eigenvalue weighted by Crippen LogP contribution is 2.22. The van der Waals surface area contributed by atoms with Crippen LogP contribution in [0.3, 0.4) is 0 Å². The fourth-order valence-electron chi connectivity index (χ4n) is 1.74. The van der Waals surface area contributed by atoms with E-state index in [0.29, 0.717) is 24.6 Å². The Balaban J connectivity index is 2.30. The van der Waals surface area contributed by atoms with E-state index in [0.717, 1.165) is 0 Å². The summed E-state index contributed by atoms with van der Waals surface area (Å²) in [5.41, 5.74) is -0.440. The van der Waals surface area contributed by atoms with Crippen molar-refractivity contribution in [3.05, 3.63) is 0 Å². The Kier molecular flexibility index (Phi) is 5.86. The van der Waals surface area contributed by atoms with E-state index in [1.54, 1.807) is 0 Å². The minimum Gasteiger partial charge on any atom is -0.480 e. The van der Waals surface area contributed by atoms with E-state index in [1.807, 2.05) is 20.8 Å². The summed E-state index contributed by atoms with van der Waals surface area (Å²) in [6.07, 6.45) is 0.781. The van der Waals surface area contributed by atoms with Crippen molar-refractivity contribution in [2.75, 3.05) is 18.2 Å². The van der Waals surface area contributed by atoms with E-state index in [1.165, 1.54) is 16.7 Å². The monoisotopic (exact) mass is 302 g/mol. The highest BCUT2D eigenvalue weighted by molar-refractivity contribution is 7.99. The Hall–Kier alpha value is -1.24. The minimum atomic E-state index is -0.954. The molecule has 0 aromatic carbocycles. The zero-order valence-electron chi connectivity index (χ0n) is 12.1. The maximum Gasteiger partial charge on any atom is 0.327 e. The number of hydrogen-bond donors (Lipinski definition) is 2. The second-order valence-electron chi connectivity index (χ2n) is 5.83. The molecule has 0 radical (unpaired) electrons. The molecule has 2 amide bonds. The summed E-state index contributed by atoms with van der Waals surface area (Å²) in [4.78, 5) is 35.9. The van der Waals surface area contributed by atoms with Gasteiger partial charge in [-0.3, -0.25) is 9.59 Å². The summed E-state index contributed by atoms with van der Waals surface area (Å²) >= 11 is 1.45. The molecule has 0 saturated carbocycles. The van der Waals surface area contributed by atoms with E-state index < -0.39 is 17.4 Å². The largest absolute Gasteiger partial charge is 0.480 e. The van der Waals surface area contributed by atoms with Gasteiger partial charge in [0.05, 0.1) is 5.88 Å². The number of amides is 2. The van der Waals surface area contributed by atoms with Gasteiger partial charge in [-0.15, -0.1) is 11.8 Å². The van der Waals surface area contributed by atoms with Gasteiger partial charge in [-0.05, 0) is 6.42 Å². The molecule has 1 rings (SSSR count). The zero-order chi connectivity index (χ0) is 15.3. The predicted octanol–water partition coefficient (Wildman–Crippen LogP) is 0.915. The van der Waals surface area contributed by atoms with E-state index in [-0.39, 0.29) is 18.2 Å². The van der Waals surface area contributed by atoms with Crippen LogP contribution >= 0.6 is 11.8 Å². The molecule has 0 aliphatic carbocycles. The van der Waals surface area contributed by atoms with Crippen LogP contribution in [0.4, 0.5) is 0 Å². The first-order valence-corrected chi connectivity index (χ1v) is 7.77. The number of thioether (sulfide) groups is 1. The molecule has 1 atom stereocenters. The van der Waals surface area contributed by atoms with Gasteiger partial charge in [-0.1, -0.05) is 20.8 Å². The third-order valence-electron chi connectivity index (χ3n) is 3.02. The Morgan fingerprint density at radius 3 is 2.55 bits per heavy atom. The Morgan fingerprint density at radius 2 is 2.00 bits per heavy atom. The van der Waals surface area contributed by atoms with Crippen molar-refractivity contribution >= 4 is 29.5 Å². The Labute approximate surface area is 123 Å². The third-order valence-corrected chi connectivity index (χ3v) is 4.03. The van der Waals surface area contributed by atoms with Gasteiger partial charge in [0.2, 0.25) is 11.8 Å². The molecular weight excluding hydrogens is 280 g/mol. The smallest absolute Gasteiger partial charge is 0.327 e. The van der Waals surface area contributed by atoms with Gasteiger partial charge in [0.1, 0.15) is 6.04 Å². The number of aliphatic carboxylic acids is 1. The first kappa shape index (κ1) is 16.8. The molecule has 6 nitrogen and oxygen atoms in total. The number of carbonyl (C=O) groups is 3. The summed E-state index contributed by atoms with van der Waals surface area (Å²) in [5, 5.41) is 11.8. The molecule has 1 fully saturated rings. The molecule has 1 heterocycles. The number of nitrogens with zero attached hydrogens (tertiary/aromatic N) is 1. The molecule has 1 saturated heterocycles. The third kappa shape index (κ3) is 4.70. The molecule has 0 unspecified atom stereocenters. The number of rotatable bonds is 5. The van der Waals surface area contributed by atoms with Crippen LogP contribution in [0.25, 0.3) is 0 Å². The standard InChI is InChI=1S/C13H22N2O4S/c1-13(2,3)12(19)14-6-4-5-10(16)15-8-20-7-9(15)11(17)18/h9H,4-8H2,1-3H3,(H,14,19)(H,17,18)/t9-/m0/s1. The molecule has 0 bridgehead atoms. The molecule has 0 spiro atoms. The second kappa shape index (κ2) is 6.97. The highest BCUT2D eigenvalue weighted by Gasteiger charge is 2.34. The van der Waals surface area contributed by atoms with Crippen LogP contribution in [0.5, 0.6) is 0 Å². The van der Waals surface area contributed by atoms with Crippen molar-refractivity contribution in [3.63, 3.8) is 0 Å². The van der Waals surface area contributed by atoms with E-state index in [2.05, 4.69) is 5.32 Å². The minimum absolute atomic E-state index is 0.0508. The molecule has 114 valence electrons. The fraction of sp³-hybridized carbons (Fsp3) is 0.769. The molecule has 0 aromatic rings. The molecule has 20 heavy (non-hydrogen) atoms. The van der Waals surface area contributed by atoms with Gasteiger partial charge in [-0.2, -0.15) is 0 Å². The van der Waals surface area contributed by atoms with Crippen LogP contribution in [0, 0.1) is 5.41 Å². The quantitative estimate of drug-likeness (QED) is 0.737. The van der Waals surface area contributed by atoms with Crippen LogP contribution in [0.15, 0.2) is 0 Å². The van der Waals surface area contributed by atoms with Crippen molar-refractivity contribution in [2.45, 2.75) is 39.7 Å². The fourth-order valence-corrected chi connectivity index (χ4v) is 2.92. The van der Waals surface area contributed by atoms with Gasteiger partial charge in [0, 0.05) is 24.1 Å². The van der Waals surface area contributed by atoms with Crippen LogP contribution in [0.2, 0.25) is 0 Å². The maximum atomic E-state index is 11.9. The zero-order valence-corrected chi connectivity index (χ0v) is 13.0. The van der Waals surface area contributed by atoms with Gasteiger partial charge < -0.3 is 15.3 Å². The Morgan fingerprint density at radius 1 is 1.35 bits per heavy atom. The summed E-state index contributed by atoms with van der Waals surface area (Å²) in [5.74, 6) is -0.284. The predicted molar refractivity (Wildman–Crippen MR) is 77.3 cm³/mol. The molecular formula is C13H22N2O4S. The van der Waals surface area contributed by atoms with Gasteiger partial charge in [0.25, 0.3) is 0 Å². The van der Waals surface area contributed by atoms with Crippen molar-refractivity contribution in [3.8, 4) is 0 Å². The number of carboxylic acid groups (broad SMARTS) is 1. The molecule has 7 heteroatoms. The Bertz CT molecular complexity index is 392. The summed E-state index contributed by atoms with van der Waals surface area (Å²) in [7, 11) is 0. The van der Waals surface area contributed by atoms with Crippen molar-refractivity contribution in [1.82, 2.24) is 10.2 Å². The topological polar surface area (TPSA) is 86.7 Å². The van der Waals surface area contributed by atoms with Gasteiger partial charge in [-0.25, -0.2) is 4.79 Å². The van der Waals surface area contributed by atoms with Crippen LogP contribution in [-0.2, 0) is 14.4 Å². The SMILES string of the molecule is CC(C)(C)C(=O)NCCCC(=O)N1CSC[C@H]1C(=O)O. The van der Waals surface area contributed by atoms with Crippen molar-refractivity contribution in [2.24, 2.45) is 5.41 Å². The number of carbonyl (C=O) groups excluding carboxylic acids is 2. The van der Waals surface area contributed by atoms with Crippen LogP contribution < -0.4 is 5.32 Å². The van der Waals surface area contributed by atoms with Crippen LogP contribution in [0.1, 0.15) is 33.6 Å². The van der Waals surface area contributed by atoms with Gasteiger partial charge >= 0.3 is 5.97 Å². The summed E-state index contributed by atoms with van der Waals surface area (Å²) in [6.45, 7) is 5.91. The number of hydrogen-bond acceptors (Lipinski definition) is 4. The average Bonchev–Trinajstić information content (AvgIpc) is 2.82. The first-order chi connectivity index (χ1) is 9.23. The van der Waals surface area contributed by atoms with E-state index in [9.17, 15) is 14.4 Å². The average molecular weight is 302 g/mol. The normalized spacial score (nSPS) is 18.9. The lowest BCUT2D eigenvalue weighted by molar-refractivity contribution is -0.147. The lowest BCUT2D eigenvalue weighted by Crippen LogP contribution is -2.42. The van der Waals surface area contributed by atoms with E-state index in [4.69, 9.17) is 5.11 Å². The molecule has 0 aromatic heterocycles. The van der Waals surface area contributed by atoms with Crippen molar-refractivity contribution in [1.29, 1.82) is 0 Å². The first-order valence-electron chi connectivity index (χ1n) is 6.62. The highest BCUT2D eigenvalue weighted by atomic mass is 32.2. The maximum absolute atomic E-state index is 11.9. The lowest BCUT2D eigenvalue weighted by atomic mass is 9.96. The van der Waals surface area contributed by atoms with Crippen LogP contribution in [-0.4, -0.2) is 52.0 Å². The molecule has 2 N–H and O–H groups in total. The summed E-state index contributed by atoms with van der Waals surface area (Å²) < 4.78 is 0. The van der Waals surface area contributed by atoms with Crippen molar-refractivity contribution < 1.29 is 19.5 Å². The van der Waals surface area contributed by atoms with Gasteiger partial charge in [0.15, 0.2) is 0 Å². The lowest BCUT2D eigenvalue weighted by Gasteiger charge is -2.21. The second-order valence-corrected chi connectivity index (χ2v) is 6.83. The molecule has 1 aliphatic rings. The number of carboxylic acids is 1.